The number of aromatic nitrogens is 2. The molecule has 0 radical (unpaired) electrons. The van der Waals surface area contributed by atoms with Crippen molar-refractivity contribution in [1.82, 2.24) is 14.9 Å². The van der Waals surface area contributed by atoms with Crippen LogP contribution in [0, 0.1) is 0 Å². The van der Waals surface area contributed by atoms with Gasteiger partial charge in [0.2, 0.25) is 5.96 Å². The lowest BCUT2D eigenvalue weighted by atomic mass is 10.3. The number of aliphatic imine (C=N–C) groups is 2. The average molecular weight is 346 g/mol. The van der Waals surface area contributed by atoms with Crippen LogP contribution in [0.1, 0.15) is 48.5 Å². The fourth-order valence-corrected chi connectivity index (χ4v) is 1.21. The number of hydrogen-bond donors (Lipinski definition) is 1. The van der Waals surface area contributed by atoms with E-state index < -0.39 is 0 Å². The van der Waals surface area contributed by atoms with Gasteiger partial charge in [0.1, 0.15) is 12.1 Å². The van der Waals surface area contributed by atoms with Gasteiger partial charge in [-0.1, -0.05) is 72.9 Å². The molecule has 1 N–H and O–H groups in total. The third kappa shape index (κ3) is 13.4. The van der Waals surface area contributed by atoms with E-state index in [1.165, 1.54) is 0 Å². The SMILES string of the molecule is C=C/C=C\C(=C/C)N/C(N=C)=N/C(=C)n1ccnc1.CC.CC.CC. The lowest BCUT2D eigenvalue weighted by Gasteiger charge is -2.07. The molecule has 1 aromatic rings. The maximum absolute atomic E-state index is 4.24. The highest BCUT2D eigenvalue weighted by Gasteiger charge is 2.00. The van der Waals surface area contributed by atoms with Crippen LogP contribution in [0.3, 0.4) is 0 Å². The van der Waals surface area contributed by atoms with Gasteiger partial charge in [-0.05, 0) is 19.7 Å². The molecule has 0 saturated heterocycles. The zero-order chi connectivity index (χ0) is 20.1. The van der Waals surface area contributed by atoms with Crippen molar-refractivity contribution in [3.8, 4) is 0 Å². The van der Waals surface area contributed by atoms with Crippen LogP contribution in [0.5, 0.6) is 0 Å². The van der Waals surface area contributed by atoms with E-state index in [1.807, 2.05) is 66.7 Å². The smallest absolute Gasteiger partial charge is 0.228 e. The van der Waals surface area contributed by atoms with E-state index in [4.69, 9.17) is 0 Å². The van der Waals surface area contributed by atoms with Crippen molar-refractivity contribution in [3.63, 3.8) is 0 Å². The van der Waals surface area contributed by atoms with Crippen LogP contribution in [-0.2, 0) is 0 Å². The van der Waals surface area contributed by atoms with Crippen molar-refractivity contribution in [1.29, 1.82) is 0 Å². The molecule has 0 bridgehead atoms. The lowest BCUT2D eigenvalue weighted by Crippen LogP contribution is -2.20. The molecule has 0 amide bonds. The highest BCUT2D eigenvalue weighted by Crippen LogP contribution is 2.03. The Labute approximate surface area is 154 Å². The molecule has 0 unspecified atom stereocenters. The molecule has 1 rings (SSSR count). The molecule has 25 heavy (non-hydrogen) atoms. The molecule has 0 aromatic carbocycles. The summed E-state index contributed by atoms with van der Waals surface area (Å²) in [5, 5.41) is 3.03. The topological polar surface area (TPSA) is 54.6 Å². The highest BCUT2D eigenvalue weighted by molar-refractivity contribution is 5.88. The van der Waals surface area contributed by atoms with Gasteiger partial charge in [0.05, 0.1) is 0 Å². The van der Waals surface area contributed by atoms with Crippen LogP contribution in [0.4, 0.5) is 0 Å². The van der Waals surface area contributed by atoms with Gasteiger partial charge in [0.15, 0.2) is 0 Å². The molecule has 1 heterocycles. The quantitative estimate of drug-likeness (QED) is 0.424. The van der Waals surface area contributed by atoms with Crippen LogP contribution in [0.15, 0.2) is 71.9 Å². The third-order valence-electron chi connectivity index (χ3n) is 2.17. The van der Waals surface area contributed by atoms with Gasteiger partial charge in [-0.2, -0.15) is 4.99 Å². The van der Waals surface area contributed by atoms with E-state index in [9.17, 15) is 0 Å². The molecule has 0 aliphatic rings. The molecule has 0 aliphatic carbocycles. The van der Waals surface area contributed by atoms with E-state index in [2.05, 4.69) is 40.2 Å². The van der Waals surface area contributed by atoms with E-state index >= 15 is 0 Å². The van der Waals surface area contributed by atoms with Crippen LogP contribution in [-0.4, -0.2) is 22.2 Å². The Balaban J connectivity index is -0.000000725. The van der Waals surface area contributed by atoms with Crippen molar-refractivity contribution < 1.29 is 0 Å². The number of guanidine groups is 1. The number of hydrogen-bond acceptors (Lipinski definition) is 2. The second kappa shape index (κ2) is 21.3. The maximum atomic E-state index is 4.24. The Morgan fingerprint density at radius 1 is 1.16 bits per heavy atom. The van der Waals surface area contributed by atoms with Gasteiger partial charge in [-0.15, -0.1) is 0 Å². The molecular formula is C20H35N5. The summed E-state index contributed by atoms with van der Waals surface area (Å²) in [6, 6.07) is 0. The number of rotatable bonds is 5. The summed E-state index contributed by atoms with van der Waals surface area (Å²) in [6.45, 7) is 24.8. The second-order valence-electron chi connectivity index (χ2n) is 3.44. The molecule has 0 aliphatic heterocycles. The molecule has 140 valence electrons. The van der Waals surface area contributed by atoms with Crippen LogP contribution >= 0.6 is 0 Å². The second-order valence-corrected chi connectivity index (χ2v) is 3.44. The van der Waals surface area contributed by atoms with Crippen LogP contribution < -0.4 is 5.32 Å². The molecule has 0 fully saturated rings. The minimum atomic E-state index is 0.362. The Morgan fingerprint density at radius 2 is 1.76 bits per heavy atom. The Morgan fingerprint density at radius 3 is 2.16 bits per heavy atom. The molecular weight excluding hydrogens is 310 g/mol. The average Bonchev–Trinajstić information content (AvgIpc) is 3.24. The van der Waals surface area contributed by atoms with Gasteiger partial charge < -0.3 is 5.32 Å². The van der Waals surface area contributed by atoms with E-state index in [-0.39, 0.29) is 0 Å². The van der Waals surface area contributed by atoms with Crippen molar-refractivity contribution >= 4 is 18.5 Å². The minimum Gasteiger partial charge on any atom is -0.324 e. The summed E-state index contributed by atoms with van der Waals surface area (Å²) in [5.41, 5.74) is 0.837. The van der Waals surface area contributed by atoms with Crippen LogP contribution in [0.25, 0.3) is 5.82 Å². The Hall–Kier alpha value is -2.69. The highest BCUT2D eigenvalue weighted by atomic mass is 15.2. The standard InChI is InChI=1S/C14H17N5.3C2H6/c1-5-7-8-13(6-2)18-14(15-4)17-12(3)19-10-9-16-11-19;3*1-2/h5-11H,1,3-4H2,2H3,(H,17,18);3*1-2H3/b8-7-,13-6+;;;. The van der Waals surface area contributed by atoms with Gasteiger partial charge in [0, 0.05) is 18.1 Å². The zero-order valence-electron chi connectivity index (χ0n) is 17.0. The molecule has 5 nitrogen and oxygen atoms in total. The van der Waals surface area contributed by atoms with Crippen molar-refractivity contribution in [2.75, 3.05) is 0 Å². The minimum absolute atomic E-state index is 0.362. The number of nitrogens with zero attached hydrogens (tertiary/aromatic N) is 4. The van der Waals surface area contributed by atoms with Gasteiger partial charge in [-0.25, -0.2) is 9.98 Å². The number of imidazole rings is 1. The summed E-state index contributed by atoms with van der Waals surface area (Å²) in [4.78, 5) is 12.0. The largest absolute Gasteiger partial charge is 0.324 e. The summed E-state index contributed by atoms with van der Waals surface area (Å²) in [5.74, 6) is 0.857. The number of allylic oxidation sites excluding steroid dienone is 4. The molecule has 1 aromatic heterocycles. The summed E-state index contributed by atoms with van der Waals surface area (Å²) in [7, 11) is 0. The summed E-state index contributed by atoms with van der Waals surface area (Å²) < 4.78 is 1.68. The maximum Gasteiger partial charge on any atom is 0.228 e. The molecule has 0 spiro atoms. The first-order chi connectivity index (χ1) is 12.2. The monoisotopic (exact) mass is 345 g/mol. The van der Waals surface area contributed by atoms with Crippen molar-refractivity contribution in [3.05, 3.63) is 61.9 Å². The fraction of sp³-hybridized carbons (Fsp3) is 0.350. The van der Waals surface area contributed by atoms with E-state index in [0.29, 0.717) is 11.8 Å². The zero-order valence-corrected chi connectivity index (χ0v) is 17.0. The molecule has 0 saturated carbocycles. The van der Waals surface area contributed by atoms with E-state index in [1.54, 1.807) is 29.4 Å². The number of nitrogens with one attached hydrogen (secondary N) is 1. The summed E-state index contributed by atoms with van der Waals surface area (Å²) in [6.07, 6.45) is 12.3. The predicted molar refractivity (Wildman–Crippen MR) is 115 cm³/mol. The van der Waals surface area contributed by atoms with Crippen molar-refractivity contribution in [2.45, 2.75) is 48.5 Å². The summed E-state index contributed by atoms with van der Waals surface area (Å²) >= 11 is 0. The Bertz CT molecular complexity index is 534. The lowest BCUT2D eigenvalue weighted by molar-refractivity contribution is 1.05. The van der Waals surface area contributed by atoms with Gasteiger partial charge in [-0.3, -0.25) is 4.57 Å². The third-order valence-corrected chi connectivity index (χ3v) is 2.17. The predicted octanol–water partition coefficient (Wildman–Crippen LogP) is 5.68. The first-order valence-electron chi connectivity index (χ1n) is 8.66. The first-order valence-corrected chi connectivity index (χ1v) is 8.66. The first kappa shape index (κ1) is 27.2. The van der Waals surface area contributed by atoms with E-state index in [0.717, 1.165) is 5.70 Å². The fourth-order valence-electron chi connectivity index (χ4n) is 1.21. The van der Waals surface area contributed by atoms with Crippen molar-refractivity contribution in [2.24, 2.45) is 9.98 Å². The van der Waals surface area contributed by atoms with Gasteiger partial charge in [0.25, 0.3) is 0 Å². The normalized spacial score (nSPS) is 10.2. The Kier molecular flexibility index (Phi) is 23.2. The molecule has 5 heteroatoms. The van der Waals surface area contributed by atoms with Crippen LogP contribution in [0.2, 0.25) is 0 Å². The van der Waals surface area contributed by atoms with Gasteiger partial charge >= 0.3 is 0 Å². The molecule has 0 atom stereocenters.